The Labute approximate surface area is 132 Å². The summed E-state index contributed by atoms with van der Waals surface area (Å²) < 4.78 is 43.2. The summed E-state index contributed by atoms with van der Waals surface area (Å²) in [6, 6.07) is 2.76. The van der Waals surface area contributed by atoms with Gasteiger partial charge in [-0.05, 0) is 24.5 Å². The fraction of sp³-hybridized carbons (Fsp3) is 0.467. The molecule has 128 valence electrons. The van der Waals surface area contributed by atoms with Crippen molar-refractivity contribution in [2.75, 3.05) is 12.4 Å². The highest BCUT2D eigenvalue weighted by atomic mass is 19.4. The molecule has 0 bridgehead atoms. The van der Waals surface area contributed by atoms with E-state index in [1.165, 1.54) is 19.2 Å². The topological polar surface area (TPSA) is 67.4 Å². The Hall–Kier alpha value is -2.25. The molecule has 1 rings (SSSR count). The second-order valence-corrected chi connectivity index (χ2v) is 5.35. The van der Waals surface area contributed by atoms with E-state index in [9.17, 15) is 22.8 Å². The van der Waals surface area contributed by atoms with E-state index >= 15 is 0 Å². The number of carbonyl (C=O) groups is 2. The minimum atomic E-state index is -4.59. The number of alkyl halides is 3. The molecule has 0 fully saturated rings. The van der Waals surface area contributed by atoms with Gasteiger partial charge in [-0.2, -0.15) is 13.2 Å². The lowest BCUT2D eigenvalue weighted by atomic mass is 10.0. The largest absolute Gasteiger partial charge is 0.467 e. The van der Waals surface area contributed by atoms with Gasteiger partial charge >= 0.3 is 18.2 Å². The van der Waals surface area contributed by atoms with Crippen LogP contribution in [0.5, 0.6) is 0 Å². The lowest BCUT2D eigenvalue weighted by molar-refractivity contribution is -0.143. The first-order valence-electron chi connectivity index (χ1n) is 6.96. The van der Waals surface area contributed by atoms with Gasteiger partial charge in [0.2, 0.25) is 0 Å². The van der Waals surface area contributed by atoms with Gasteiger partial charge in [0.25, 0.3) is 0 Å². The van der Waals surface area contributed by atoms with Crippen molar-refractivity contribution in [3.05, 3.63) is 29.8 Å². The fourth-order valence-corrected chi connectivity index (χ4v) is 1.98. The fourth-order valence-electron chi connectivity index (χ4n) is 1.98. The molecule has 0 aliphatic carbocycles. The first-order chi connectivity index (χ1) is 10.6. The molecule has 8 heteroatoms. The highest BCUT2D eigenvalue weighted by Crippen LogP contribution is 2.34. The third kappa shape index (κ3) is 5.80. The molecule has 5 nitrogen and oxygen atoms in total. The van der Waals surface area contributed by atoms with Crippen molar-refractivity contribution < 1.29 is 27.5 Å². The van der Waals surface area contributed by atoms with Crippen molar-refractivity contribution in [3.63, 3.8) is 0 Å². The second kappa shape index (κ2) is 7.85. The number of rotatable bonds is 5. The highest BCUT2D eigenvalue weighted by Gasteiger charge is 2.33. The summed E-state index contributed by atoms with van der Waals surface area (Å²) in [5.74, 6) is -0.570. The average molecular weight is 332 g/mol. The second-order valence-electron chi connectivity index (χ2n) is 5.35. The van der Waals surface area contributed by atoms with Crippen LogP contribution in [0.1, 0.15) is 25.8 Å². The van der Waals surface area contributed by atoms with E-state index in [0.29, 0.717) is 6.42 Å². The number of ether oxygens (including phenoxy) is 1. The van der Waals surface area contributed by atoms with Crippen molar-refractivity contribution in [2.24, 2.45) is 5.92 Å². The van der Waals surface area contributed by atoms with Crippen LogP contribution in [-0.4, -0.2) is 25.2 Å². The zero-order valence-corrected chi connectivity index (χ0v) is 13.0. The van der Waals surface area contributed by atoms with Crippen LogP contribution in [0.25, 0.3) is 0 Å². The SMILES string of the molecule is COC(=O)[C@@H](CC(C)C)NC(=O)Nc1ccccc1C(F)(F)F. The molecule has 0 unspecified atom stereocenters. The number of anilines is 1. The maximum Gasteiger partial charge on any atom is 0.418 e. The van der Waals surface area contributed by atoms with Crippen molar-refractivity contribution in [1.29, 1.82) is 0 Å². The van der Waals surface area contributed by atoms with E-state index < -0.39 is 29.8 Å². The van der Waals surface area contributed by atoms with Gasteiger partial charge in [0, 0.05) is 0 Å². The molecule has 0 aliphatic heterocycles. The number of methoxy groups -OCH3 is 1. The number of para-hydroxylation sites is 1. The van der Waals surface area contributed by atoms with E-state index in [1.54, 1.807) is 0 Å². The normalized spacial score (nSPS) is 12.7. The summed E-state index contributed by atoms with van der Waals surface area (Å²) >= 11 is 0. The molecule has 0 aromatic heterocycles. The Morgan fingerprint density at radius 3 is 2.35 bits per heavy atom. The number of halogens is 3. The van der Waals surface area contributed by atoms with Crippen LogP contribution in [0.3, 0.4) is 0 Å². The first kappa shape index (κ1) is 18.8. The summed E-state index contributed by atoms with van der Waals surface area (Å²) in [5.41, 5.74) is -1.35. The van der Waals surface area contributed by atoms with Gasteiger partial charge in [-0.1, -0.05) is 26.0 Å². The van der Waals surface area contributed by atoms with Gasteiger partial charge in [0.1, 0.15) is 6.04 Å². The number of hydrogen-bond donors (Lipinski definition) is 2. The lowest BCUT2D eigenvalue weighted by Gasteiger charge is -2.19. The number of hydrogen-bond acceptors (Lipinski definition) is 3. The zero-order chi connectivity index (χ0) is 17.6. The Morgan fingerprint density at radius 1 is 1.22 bits per heavy atom. The Kier molecular flexibility index (Phi) is 6.41. The van der Waals surface area contributed by atoms with E-state index in [-0.39, 0.29) is 11.6 Å². The maximum atomic E-state index is 12.9. The van der Waals surface area contributed by atoms with Gasteiger partial charge in [0.05, 0.1) is 18.4 Å². The molecule has 1 atom stereocenters. The molecule has 1 aromatic carbocycles. The first-order valence-corrected chi connectivity index (χ1v) is 6.96. The van der Waals surface area contributed by atoms with Crippen molar-refractivity contribution in [2.45, 2.75) is 32.5 Å². The van der Waals surface area contributed by atoms with E-state index in [0.717, 1.165) is 12.1 Å². The molecule has 23 heavy (non-hydrogen) atoms. The number of urea groups is 1. The van der Waals surface area contributed by atoms with Crippen LogP contribution in [0, 0.1) is 5.92 Å². The molecule has 2 N–H and O–H groups in total. The molecular weight excluding hydrogens is 313 g/mol. The van der Waals surface area contributed by atoms with Crippen LogP contribution >= 0.6 is 0 Å². The van der Waals surface area contributed by atoms with Crippen molar-refractivity contribution >= 4 is 17.7 Å². The number of nitrogens with one attached hydrogen (secondary N) is 2. The lowest BCUT2D eigenvalue weighted by Crippen LogP contribution is -2.44. The van der Waals surface area contributed by atoms with Crippen molar-refractivity contribution in [1.82, 2.24) is 5.32 Å². The zero-order valence-electron chi connectivity index (χ0n) is 13.0. The molecule has 0 aliphatic rings. The Bertz CT molecular complexity index is 559. The van der Waals surface area contributed by atoms with Crippen LogP contribution in [0.15, 0.2) is 24.3 Å². The van der Waals surface area contributed by atoms with E-state index in [2.05, 4.69) is 15.4 Å². The van der Waals surface area contributed by atoms with Gasteiger partial charge in [-0.3, -0.25) is 0 Å². The van der Waals surface area contributed by atoms with E-state index in [4.69, 9.17) is 0 Å². The van der Waals surface area contributed by atoms with Crippen LogP contribution in [0.2, 0.25) is 0 Å². The van der Waals surface area contributed by atoms with Gasteiger partial charge in [-0.25, -0.2) is 9.59 Å². The standard InChI is InChI=1S/C15H19F3N2O3/c1-9(2)8-12(13(21)23-3)20-14(22)19-11-7-5-4-6-10(11)15(16,17)18/h4-7,9,12H,8H2,1-3H3,(H2,19,20,22)/t12-/m1/s1. The average Bonchev–Trinajstić information content (AvgIpc) is 2.44. The maximum absolute atomic E-state index is 12.9. The predicted octanol–water partition coefficient (Wildman–Crippen LogP) is 3.41. The molecule has 0 saturated carbocycles. The number of amides is 2. The molecule has 0 heterocycles. The van der Waals surface area contributed by atoms with Gasteiger partial charge in [0.15, 0.2) is 0 Å². The highest BCUT2D eigenvalue weighted by molar-refractivity contribution is 5.93. The number of carbonyl (C=O) groups excluding carboxylic acids is 2. The Morgan fingerprint density at radius 2 is 1.83 bits per heavy atom. The number of esters is 1. The summed E-state index contributed by atoms with van der Waals surface area (Å²) in [6.07, 6.45) is -4.29. The molecule has 0 radical (unpaired) electrons. The quantitative estimate of drug-likeness (QED) is 0.812. The summed E-state index contributed by atoms with van der Waals surface area (Å²) in [4.78, 5) is 23.5. The van der Waals surface area contributed by atoms with Gasteiger partial charge in [-0.15, -0.1) is 0 Å². The monoisotopic (exact) mass is 332 g/mol. The van der Waals surface area contributed by atoms with E-state index in [1.807, 2.05) is 13.8 Å². The third-order valence-corrected chi connectivity index (χ3v) is 2.98. The predicted molar refractivity (Wildman–Crippen MR) is 78.9 cm³/mol. The smallest absolute Gasteiger partial charge is 0.418 e. The van der Waals surface area contributed by atoms with Gasteiger partial charge < -0.3 is 15.4 Å². The van der Waals surface area contributed by atoms with Crippen molar-refractivity contribution in [3.8, 4) is 0 Å². The summed E-state index contributed by atoms with van der Waals surface area (Å²) in [5, 5.41) is 4.46. The summed E-state index contributed by atoms with van der Waals surface area (Å²) in [6.45, 7) is 3.68. The molecule has 1 aromatic rings. The minimum Gasteiger partial charge on any atom is -0.467 e. The van der Waals surface area contributed by atoms with Crippen LogP contribution in [0.4, 0.5) is 23.7 Å². The van der Waals surface area contributed by atoms with Crippen LogP contribution in [-0.2, 0) is 15.7 Å². The number of benzene rings is 1. The van der Waals surface area contributed by atoms with Crippen LogP contribution < -0.4 is 10.6 Å². The molecule has 2 amide bonds. The molecule has 0 saturated heterocycles. The minimum absolute atomic E-state index is 0.0851. The Balaban J connectivity index is 2.85. The molecular formula is C15H19F3N2O3. The molecule has 0 spiro atoms. The third-order valence-electron chi connectivity index (χ3n) is 2.98. The summed E-state index contributed by atoms with van der Waals surface area (Å²) in [7, 11) is 1.17.